The van der Waals surface area contributed by atoms with Crippen molar-refractivity contribution in [1.29, 1.82) is 0 Å². The van der Waals surface area contributed by atoms with Crippen molar-refractivity contribution in [3.63, 3.8) is 0 Å². The first-order valence-corrected chi connectivity index (χ1v) is 6.52. The molecule has 1 aromatic rings. The zero-order chi connectivity index (χ0) is 13.5. The van der Waals surface area contributed by atoms with E-state index in [1.54, 1.807) is 13.8 Å². The molecule has 0 bridgehead atoms. The van der Waals surface area contributed by atoms with Crippen molar-refractivity contribution in [2.75, 3.05) is 11.4 Å². The fraction of sp³-hybridized carbons (Fsp3) is 0.533. The van der Waals surface area contributed by atoms with Gasteiger partial charge in [-0.2, -0.15) is 0 Å². The molecule has 0 aliphatic carbocycles. The number of likely N-dealkylation sites (N-methyl/N-ethyl adjacent to an activating group) is 1. The molecular weight excluding hydrogens is 226 g/mol. The summed E-state index contributed by atoms with van der Waals surface area (Å²) in [5.74, 6) is -0.772. The van der Waals surface area contributed by atoms with Gasteiger partial charge in [-0.1, -0.05) is 18.2 Å². The van der Waals surface area contributed by atoms with Crippen LogP contribution in [0.2, 0.25) is 0 Å². The minimum Gasteiger partial charge on any atom is -0.481 e. The molecule has 0 saturated heterocycles. The monoisotopic (exact) mass is 247 g/mol. The molecule has 1 N–H and O–H groups in total. The maximum atomic E-state index is 11.5. The van der Waals surface area contributed by atoms with Crippen LogP contribution >= 0.6 is 0 Å². The number of hydrogen-bond acceptors (Lipinski definition) is 2. The number of rotatable bonds is 3. The first kappa shape index (κ1) is 12.9. The highest BCUT2D eigenvalue weighted by Gasteiger charge is 2.37. The van der Waals surface area contributed by atoms with E-state index in [1.807, 2.05) is 12.1 Å². The number of fused-ring (bicyclic) bond motifs is 1. The van der Waals surface area contributed by atoms with Crippen LogP contribution in [0.5, 0.6) is 0 Å². The van der Waals surface area contributed by atoms with Gasteiger partial charge in [0.25, 0.3) is 0 Å². The van der Waals surface area contributed by atoms with E-state index < -0.39 is 11.4 Å². The van der Waals surface area contributed by atoms with Crippen LogP contribution < -0.4 is 4.90 Å². The van der Waals surface area contributed by atoms with E-state index in [-0.39, 0.29) is 0 Å². The first-order chi connectivity index (χ1) is 8.39. The summed E-state index contributed by atoms with van der Waals surface area (Å²) in [5.41, 5.74) is 2.50. The van der Waals surface area contributed by atoms with Crippen LogP contribution in [-0.2, 0) is 16.6 Å². The summed E-state index contributed by atoms with van der Waals surface area (Å²) in [6.07, 6.45) is 1.01. The standard InChI is InChI=1S/C15H21NO2/c1-5-16-10(2)9-11-7-6-8-12(13(11)16)15(3,4)14(17)18/h6-8,10H,5,9H2,1-4H3,(H,17,18). The van der Waals surface area contributed by atoms with E-state index in [1.165, 1.54) is 5.56 Å². The van der Waals surface area contributed by atoms with Crippen LogP contribution in [0, 0.1) is 0 Å². The maximum Gasteiger partial charge on any atom is 0.313 e. The zero-order valence-electron chi connectivity index (χ0n) is 11.5. The fourth-order valence-electron chi connectivity index (χ4n) is 2.83. The van der Waals surface area contributed by atoms with Crippen molar-refractivity contribution < 1.29 is 9.90 Å². The second-order valence-corrected chi connectivity index (χ2v) is 5.58. The van der Waals surface area contributed by atoms with Crippen LogP contribution in [0.4, 0.5) is 5.69 Å². The molecule has 18 heavy (non-hydrogen) atoms. The summed E-state index contributed by atoms with van der Waals surface area (Å²) < 4.78 is 0. The van der Waals surface area contributed by atoms with Gasteiger partial charge in [0.15, 0.2) is 0 Å². The van der Waals surface area contributed by atoms with Gasteiger partial charge in [0.05, 0.1) is 5.41 Å². The predicted molar refractivity (Wildman–Crippen MR) is 73.3 cm³/mol. The Balaban J connectivity index is 2.60. The molecule has 3 nitrogen and oxygen atoms in total. The zero-order valence-corrected chi connectivity index (χ0v) is 11.5. The quantitative estimate of drug-likeness (QED) is 0.893. The first-order valence-electron chi connectivity index (χ1n) is 6.52. The second kappa shape index (κ2) is 4.30. The van der Waals surface area contributed by atoms with Crippen molar-refractivity contribution in [2.45, 2.75) is 45.6 Å². The van der Waals surface area contributed by atoms with Gasteiger partial charge in [0.2, 0.25) is 0 Å². The molecule has 2 rings (SSSR count). The highest BCUT2D eigenvalue weighted by molar-refractivity contribution is 5.84. The molecule has 1 aliphatic rings. The Morgan fingerprint density at radius 3 is 2.72 bits per heavy atom. The van der Waals surface area contributed by atoms with E-state index in [0.29, 0.717) is 6.04 Å². The highest BCUT2D eigenvalue weighted by atomic mass is 16.4. The summed E-state index contributed by atoms with van der Waals surface area (Å²) in [7, 11) is 0. The van der Waals surface area contributed by atoms with Gasteiger partial charge in [-0.25, -0.2) is 0 Å². The summed E-state index contributed by atoms with van der Waals surface area (Å²) in [6.45, 7) is 8.79. The number of carbonyl (C=O) groups is 1. The third-order valence-corrected chi connectivity index (χ3v) is 4.00. The summed E-state index contributed by atoms with van der Waals surface area (Å²) >= 11 is 0. The van der Waals surface area contributed by atoms with Gasteiger partial charge >= 0.3 is 5.97 Å². The second-order valence-electron chi connectivity index (χ2n) is 5.58. The molecule has 1 aromatic carbocycles. The molecule has 1 aliphatic heterocycles. The van der Waals surface area contributed by atoms with Crippen molar-refractivity contribution in [2.24, 2.45) is 0 Å². The van der Waals surface area contributed by atoms with Gasteiger partial charge in [-0.05, 0) is 45.2 Å². The van der Waals surface area contributed by atoms with E-state index in [2.05, 4.69) is 24.8 Å². The number of nitrogens with zero attached hydrogens (tertiary/aromatic N) is 1. The number of carboxylic acids is 1. The lowest BCUT2D eigenvalue weighted by Gasteiger charge is -2.29. The SMILES string of the molecule is CCN1c2c(cccc2C(C)(C)C(=O)O)CC1C. The lowest BCUT2D eigenvalue weighted by molar-refractivity contribution is -0.142. The van der Waals surface area contributed by atoms with Crippen LogP contribution in [0.3, 0.4) is 0 Å². The number of carboxylic acid groups (broad SMARTS) is 1. The molecule has 0 aromatic heterocycles. The Bertz CT molecular complexity index is 479. The van der Waals surface area contributed by atoms with Crippen LogP contribution in [0.15, 0.2) is 18.2 Å². The van der Waals surface area contributed by atoms with Crippen molar-refractivity contribution >= 4 is 11.7 Å². The van der Waals surface area contributed by atoms with E-state index in [0.717, 1.165) is 24.2 Å². The van der Waals surface area contributed by atoms with E-state index >= 15 is 0 Å². The molecule has 1 atom stereocenters. The number of benzene rings is 1. The average molecular weight is 247 g/mol. The third-order valence-electron chi connectivity index (χ3n) is 4.00. The van der Waals surface area contributed by atoms with Crippen LogP contribution in [0.25, 0.3) is 0 Å². The number of para-hydroxylation sites is 1. The Hall–Kier alpha value is -1.51. The van der Waals surface area contributed by atoms with E-state index in [9.17, 15) is 9.90 Å². The lowest BCUT2D eigenvalue weighted by Crippen LogP contribution is -2.34. The number of aliphatic carboxylic acids is 1. The Kier molecular flexibility index (Phi) is 3.09. The third kappa shape index (κ3) is 1.78. The number of anilines is 1. The summed E-state index contributed by atoms with van der Waals surface area (Å²) in [4.78, 5) is 13.8. The summed E-state index contributed by atoms with van der Waals surface area (Å²) in [5, 5.41) is 9.43. The highest BCUT2D eigenvalue weighted by Crippen LogP contribution is 2.40. The van der Waals surface area contributed by atoms with Gasteiger partial charge in [-0.15, -0.1) is 0 Å². The molecule has 1 unspecified atom stereocenters. The molecule has 0 fully saturated rings. The average Bonchev–Trinajstić information content (AvgIpc) is 2.63. The topological polar surface area (TPSA) is 40.5 Å². The molecule has 0 saturated carbocycles. The van der Waals surface area contributed by atoms with Gasteiger partial charge in [-0.3, -0.25) is 4.79 Å². The van der Waals surface area contributed by atoms with Crippen LogP contribution in [-0.4, -0.2) is 23.7 Å². The van der Waals surface area contributed by atoms with Crippen LogP contribution in [0.1, 0.15) is 38.8 Å². The van der Waals surface area contributed by atoms with E-state index in [4.69, 9.17) is 0 Å². The fourth-order valence-corrected chi connectivity index (χ4v) is 2.83. The molecular formula is C15H21NO2. The normalized spacial score (nSPS) is 18.9. The maximum absolute atomic E-state index is 11.5. The largest absolute Gasteiger partial charge is 0.481 e. The molecule has 0 radical (unpaired) electrons. The molecule has 3 heteroatoms. The van der Waals surface area contributed by atoms with Gasteiger partial charge in [0.1, 0.15) is 0 Å². The van der Waals surface area contributed by atoms with Crippen molar-refractivity contribution in [1.82, 2.24) is 0 Å². The van der Waals surface area contributed by atoms with Crippen molar-refractivity contribution in [3.8, 4) is 0 Å². The lowest BCUT2D eigenvalue weighted by atomic mass is 9.82. The molecule has 1 heterocycles. The minimum atomic E-state index is -0.844. The smallest absolute Gasteiger partial charge is 0.313 e. The summed E-state index contributed by atoms with van der Waals surface area (Å²) in [6, 6.07) is 6.50. The Morgan fingerprint density at radius 1 is 1.50 bits per heavy atom. The Morgan fingerprint density at radius 2 is 2.17 bits per heavy atom. The Labute approximate surface area is 108 Å². The molecule has 98 valence electrons. The van der Waals surface area contributed by atoms with Gasteiger partial charge < -0.3 is 10.0 Å². The minimum absolute atomic E-state index is 0.454. The predicted octanol–water partition coefficient (Wildman–Crippen LogP) is 2.82. The molecule has 0 spiro atoms. The van der Waals surface area contributed by atoms with Crippen molar-refractivity contribution in [3.05, 3.63) is 29.3 Å². The molecule has 0 amide bonds. The van der Waals surface area contributed by atoms with Gasteiger partial charge in [0, 0.05) is 18.3 Å². The number of hydrogen-bond donors (Lipinski definition) is 1.